The zero-order valence-corrected chi connectivity index (χ0v) is 17.3. The van der Waals surface area contributed by atoms with E-state index in [4.69, 9.17) is 0 Å². The Kier molecular flexibility index (Phi) is 5.29. The molecule has 2 bridgehead atoms. The lowest BCUT2D eigenvalue weighted by atomic mass is 9.98. The third-order valence-corrected chi connectivity index (χ3v) is 6.29. The molecule has 1 aliphatic heterocycles. The van der Waals surface area contributed by atoms with Gasteiger partial charge in [0, 0.05) is 30.3 Å². The van der Waals surface area contributed by atoms with Crippen LogP contribution >= 0.6 is 0 Å². The Hall–Kier alpha value is -3.77. The van der Waals surface area contributed by atoms with Crippen LogP contribution in [0.15, 0.2) is 48.8 Å². The number of amides is 1. The van der Waals surface area contributed by atoms with E-state index in [2.05, 4.69) is 32.0 Å². The minimum absolute atomic E-state index is 0.0460. The molecule has 4 unspecified atom stereocenters. The third-order valence-electron chi connectivity index (χ3n) is 6.29. The summed E-state index contributed by atoms with van der Waals surface area (Å²) in [6, 6.07) is 12.8. The van der Waals surface area contributed by atoms with Gasteiger partial charge in [0.2, 0.25) is 11.8 Å². The highest BCUT2D eigenvalue weighted by Crippen LogP contribution is 2.35. The molecular weight excluding hydrogens is 406 g/mol. The van der Waals surface area contributed by atoms with E-state index in [1.165, 1.54) is 12.3 Å². The predicted molar refractivity (Wildman–Crippen MR) is 116 cm³/mol. The molecule has 3 heterocycles. The van der Waals surface area contributed by atoms with Gasteiger partial charge in [0.25, 0.3) is 0 Å². The maximum atomic E-state index is 12.6. The molecule has 1 saturated carbocycles. The predicted octanol–water partition coefficient (Wildman–Crippen LogP) is 1.73. The molecule has 2 fully saturated rings. The average Bonchev–Trinajstić information content (AvgIpc) is 3.57. The molecule has 0 radical (unpaired) electrons. The first-order valence-electron chi connectivity index (χ1n) is 10.7. The van der Waals surface area contributed by atoms with E-state index < -0.39 is 6.04 Å². The number of rotatable bonds is 6. The minimum atomic E-state index is -0.575. The number of piperidine rings is 1. The molecule has 0 spiro atoms. The number of fused-ring (bicyclic) bond motifs is 2. The SMILES string of the molecule is N#CC(Cc1ccc(-n2cc(-c3ccc(O)nc3)nn2)cc1)NC(=O)C1NC2CCC1C2. The molecule has 2 aromatic heterocycles. The molecule has 9 heteroatoms. The fraction of sp³-hybridized carbons (Fsp3) is 0.348. The summed E-state index contributed by atoms with van der Waals surface area (Å²) in [6.45, 7) is 0. The summed E-state index contributed by atoms with van der Waals surface area (Å²) >= 11 is 0. The van der Waals surface area contributed by atoms with Crippen molar-refractivity contribution in [3.8, 4) is 28.9 Å². The number of carbonyl (C=O) groups excluding carboxylic acids is 1. The lowest BCUT2D eigenvalue weighted by Crippen LogP contribution is -2.50. The van der Waals surface area contributed by atoms with Gasteiger partial charge in [0.1, 0.15) is 11.7 Å². The average molecular weight is 429 g/mol. The van der Waals surface area contributed by atoms with Crippen molar-refractivity contribution < 1.29 is 9.90 Å². The lowest BCUT2D eigenvalue weighted by Gasteiger charge is -2.23. The van der Waals surface area contributed by atoms with E-state index in [-0.39, 0.29) is 17.8 Å². The molecule has 3 N–H and O–H groups in total. The molecule has 1 amide bonds. The van der Waals surface area contributed by atoms with Crippen molar-refractivity contribution in [3.05, 3.63) is 54.4 Å². The number of nitriles is 1. The number of aromatic hydroxyl groups is 1. The molecule has 4 atom stereocenters. The van der Waals surface area contributed by atoms with Gasteiger partial charge in [-0.1, -0.05) is 17.3 Å². The fourth-order valence-corrected chi connectivity index (χ4v) is 4.62. The standard InChI is InChI=1S/C23H23N7O2/c24-11-18(27-23(32)22-15-3-5-17(10-15)26-22)9-14-1-6-19(7-2-14)30-13-20(28-29-30)16-4-8-21(31)25-12-16/h1-2,4,6-8,12-13,15,17-18,22,26H,3,5,9-10H2,(H,25,31)(H,27,32). The van der Waals surface area contributed by atoms with Crippen molar-refractivity contribution in [3.63, 3.8) is 0 Å². The second-order valence-corrected chi connectivity index (χ2v) is 8.43. The third kappa shape index (κ3) is 4.05. The topological polar surface area (TPSA) is 129 Å². The number of hydrogen-bond donors (Lipinski definition) is 3. The van der Waals surface area contributed by atoms with Crippen LogP contribution in [0, 0.1) is 17.2 Å². The molecule has 1 aromatic carbocycles. The van der Waals surface area contributed by atoms with Crippen LogP contribution in [0.3, 0.4) is 0 Å². The van der Waals surface area contributed by atoms with E-state index in [9.17, 15) is 15.2 Å². The van der Waals surface area contributed by atoms with Gasteiger partial charge in [-0.25, -0.2) is 9.67 Å². The van der Waals surface area contributed by atoms with Crippen LogP contribution in [-0.4, -0.2) is 49.1 Å². The summed E-state index contributed by atoms with van der Waals surface area (Å²) < 4.78 is 1.65. The highest BCUT2D eigenvalue weighted by Gasteiger charge is 2.43. The highest BCUT2D eigenvalue weighted by atomic mass is 16.3. The van der Waals surface area contributed by atoms with Crippen molar-refractivity contribution >= 4 is 5.91 Å². The number of aromatic nitrogens is 4. The Labute approximate surface area is 185 Å². The summed E-state index contributed by atoms with van der Waals surface area (Å²) in [5, 5.41) is 33.4. The van der Waals surface area contributed by atoms with Gasteiger partial charge in [-0.3, -0.25) is 4.79 Å². The maximum absolute atomic E-state index is 12.6. The largest absolute Gasteiger partial charge is 0.493 e. The zero-order valence-electron chi connectivity index (χ0n) is 17.3. The molecule has 2 aliphatic rings. The van der Waals surface area contributed by atoms with Crippen LogP contribution in [0.4, 0.5) is 0 Å². The number of benzene rings is 1. The Balaban J connectivity index is 1.22. The number of hydrogen-bond acceptors (Lipinski definition) is 7. The van der Waals surface area contributed by atoms with Crippen molar-refractivity contribution in [2.75, 3.05) is 0 Å². The van der Waals surface area contributed by atoms with Crippen LogP contribution in [0.1, 0.15) is 24.8 Å². The Morgan fingerprint density at radius 3 is 2.78 bits per heavy atom. The van der Waals surface area contributed by atoms with Gasteiger partial charge >= 0.3 is 0 Å². The second kappa shape index (κ2) is 8.40. The summed E-state index contributed by atoms with van der Waals surface area (Å²) in [5.41, 5.74) is 3.17. The van der Waals surface area contributed by atoms with Crippen molar-refractivity contribution in [2.24, 2.45) is 5.92 Å². The molecule has 162 valence electrons. The fourth-order valence-electron chi connectivity index (χ4n) is 4.62. The summed E-state index contributed by atoms with van der Waals surface area (Å²) in [4.78, 5) is 16.5. The zero-order chi connectivity index (χ0) is 22.1. The maximum Gasteiger partial charge on any atom is 0.238 e. The van der Waals surface area contributed by atoms with Crippen LogP contribution in [0.5, 0.6) is 5.88 Å². The lowest BCUT2D eigenvalue weighted by molar-refractivity contribution is -0.124. The smallest absolute Gasteiger partial charge is 0.238 e. The quantitative estimate of drug-likeness (QED) is 0.544. The van der Waals surface area contributed by atoms with E-state index in [1.54, 1.807) is 16.9 Å². The summed E-state index contributed by atoms with van der Waals surface area (Å²) in [6.07, 6.45) is 7.04. The van der Waals surface area contributed by atoms with Crippen LogP contribution < -0.4 is 10.6 Å². The number of nitrogens with zero attached hydrogens (tertiary/aromatic N) is 5. The van der Waals surface area contributed by atoms with Gasteiger partial charge in [0.15, 0.2) is 0 Å². The minimum Gasteiger partial charge on any atom is -0.493 e. The molecular formula is C23H23N7O2. The van der Waals surface area contributed by atoms with Crippen molar-refractivity contribution in [1.82, 2.24) is 30.6 Å². The molecule has 1 saturated heterocycles. The van der Waals surface area contributed by atoms with E-state index in [1.807, 2.05) is 24.3 Å². The van der Waals surface area contributed by atoms with Gasteiger partial charge in [-0.15, -0.1) is 5.10 Å². The number of carbonyl (C=O) groups is 1. The second-order valence-electron chi connectivity index (χ2n) is 8.43. The molecule has 5 rings (SSSR count). The van der Waals surface area contributed by atoms with Crippen molar-refractivity contribution in [2.45, 2.75) is 43.8 Å². The Bertz CT molecular complexity index is 1150. The van der Waals surface area contributed by atoms with Gasteiger partial charge < -0.3 is 15.7 Å². The molecule has 32 heavy (non-hydrogen) atoms. The van der Waals surface area contributed by atoms with E-state index in [0.29, 0.717) is 24.1 Å². The van der Waals surface area contributed by atoms with E-state index in [0.717, 1.165) is 36.1 Å². The molecule has 3 aromatic rings. The Morgan fingerprint density at radius 1 is 1.28 bits per heavy atom. The van der Waals surface area contributed by atoms with Crippen LogP contribution in [0.2, 0.25) is 0 Å². The van der Waals surface area contributed by atoms with E-state index >= 15 is 0 Å². The molecule has 1 aliphatic carbocycles. The Morgan fingerprint density at radius 2 is 2.12 bits per heavy atom. The molecule has 9 nitrogen and oxygen atoms in total. The van der Waals surface area contributed by atoms with Crippen molar-refractivity contribution in [1.29, 1.82) is 5.26 Å². The summed E-state index contributed by atoms with van der Waals surface area (Å²) in [5.74, 6) is 0.276. The van der Waals surface area contributed by atoms with Crippen LogP contribution in [-0.2, 0) is 11.2 Å². The van der Waals surface area contributed by atoms with Crippen LogP contribution in [0.25, 0.3) is 16.9 Å². The normalized spacial score (nSPS) is 22.4. The number of pyridine rings is 1. The van der Waals surface area contributed by atoms with Gasteiger partial charge in [-0.2, -0.15) is 5.26 Å². The first-order valence-corrected chi connectivity index (χ1v) is 10.7. The number of nitrogens with one attached hydrogen (secondary N) is 2. The summed E-state index contributed by atoms with van der Waals surface area (Å²) in [7, 11) is 0. The first kappa shape index (κ1) is 20.2. The first-order chi connectivity index (χ1) is 15.6. The highest BCUT2D eigenvalue weighted by molar-refractivity contribution is 5.83. The van der Waals surface area contributed by atoms with Gasteiger partial charge in [0.05, 0.1) is 24.0 Å². The van der Waals surface area contributed by atoms with Gasteiger partial charge in [-0.05, 0) is 48.9 Å². The monoisotopic (exact) mass is 429 g/mol.